The summed E-state index contributed by atoms with van der Waals surface area (Å²) in [5, 5.41) is 0. The third-order valence-electron chi connectivity index (χ3n) is 3.30. The van der Waals surface area contributed by atoms with Gasteiger partial charge in [-0.1, -0.05) is 30.3 Å². The number of halogens is 4. The molecule has 0 aliphatic carbocycles. The van der Waals surface area contributed by atoms with E-state index in [4.69, 9.17) is 0 Å². The third-order valence-corrected chi connectivity index (χ3v) is 5.13. The van der Waals surface area contributed by atoms with Gasteiger partial charge >= 0.3 is 0 Å². The Morgan fingerprint density at radius 2 is 1.46 bits per heavy atom. The second kappa shape index (κ2) is 6.78. The van der Waals surface area contributed by atoms with Gasteiger partial charge in [-0.15, -0.1) is 0 Å². The molecule has 130 valence electrons. The maximum Gasteiger partial charge on any atom is 0.249 e. The summed E-state index contributed by atoms with van der Waals surface area (Å²) in [5.41, 5.74) is 0.527. The molecule has 0 heterocycles. The lowest BCUT2D eigenvalue weighted by Gasteiger charge is -2.19. The molecule has 0 atom stereocenters. The van der Waals surface area contributed by atoms with Crippen molar-refractivity contribution >= 4 is 10.0 Å². The van der Waals surface area contributed by atoms with Crippen LogP contribution in [-0.2, 0) is 16.6 Å². The highest BCUT2D eigenvalue weighted by atomic mass is 32.2. The van der Waals surface area contributed by atoms with Gasteiger partial charge in [0.05, 0.1) is 7.11 Å². The molecule has 0 saturated heterocycles. The summed E-state index contributed by atoms with van der Waals surface area (Å²) >= 11 is 0. The molecule has 9 heteroatoms. The van der Waals surface area contributed by atoms with Crippen LogP contribution in [0.25, 0.3) is 0 Å². The summed E-state index contributed by atoms with van der Waals surface area (Å²) < 4.78 is 85.0. The number of ether oxygens (including phenoxy) is 1. The van der Waals surface area contributed by atoms with Gasteiger partial charge in [-0.3, -0.25) is 0 Å². The number of hydrogen-bond donors (Lipinski definition) is 0. The van der Waals surface area contributed by atoms with Crippen LogP contribution in [0.5, 0.6) is 5.75 Å². The molecule has 0 amide bonds. The first-order valence-corrected chi connectivity index (χ1v) is 8.06. The van der Waals surface area contributed by atoms with Crippen LogP contribution in [-0.4, -0.2) is 26.9 Å². The molecule has 0 unspecified atom stereocenters. The summed E-state index contributed by atoms with van der Waals surface area (Å²) in [6.45, 7) is -0.239. The molecule has 0 N–H and O–H groups in total. The van der Waals surface area contributed by atoms with Crippen LogP contribution in [0.2, 0.25) is 0 Å². The standard InChI is InChI=1S/C15H13F4NO3S/c1-20(8-9-6-4-3-5-7-9)24(21,22)15-12(18)10(16)14(23-2)11(17)13(15)19/h3-7H,8H2,1-2H3. The molecule has 2 rings (SSSR count). The molecule has 0 fully saturated rings. The zero-order valence-corrected chi connectivity index (χ0v) is 13.5. The molecule has 4 nitrogen and oxygen atoms in total. The fourth-order valence-electron chi connectivity index (χ4n) is 2.08. The lowest BCUT2D eigenvalue weighted by atomic mass is 10.2. The number of methoxy groups -OCH3 is 1. The fraction of sp³-hybridized carbons (Fsp3) is 0.200. The maximum absolute atomic E-state index is 14.0. The largest absolute Gasteiger partial charge is 0.491 e. The van der Waals surface area contributed by atoms with E-state index in [1.54, 1.807) is 30.3 Å². The average Bonchev–Trinajstić information content (AvgIpc) is 2.54. The Morgan fingerprint density at radius 1 is 0.958 bits per heavy atom. The second-order valence-electron chi connectivity index (χ2n) is 4.86. The minimum atomic E-state index is -4.82. The van der Waals surface area contributed by atoms with E-state index >= 15 is 0 Å². The molecule has 0 radical (unpaired) electrons. The number of nitrogens with zero attached hydrogens (tertiary/aromatic N) is 1. The van der Waals surface area contributed by atoms with Crippen molar-refractivity contribution in [3.05, 3.63) is 59.2 Å². The Labute approximate surface area is 136 Å². The van der Waals surface area contributed by atoms with Crippen molar-refractivity contribution in [2.75, 3.05) is 14.2 Å². The molecule has 0 saturated carbocycles. The Hall–Kier alpha value is -2.13. The summed E-state index contributed by atoms with van der Waals surface area (Å²) in [6.07, 6.45) is 0. The van der Waals surface area contributed by atoms with Crippen molar-refractivity contribution in [1.82, 2.24) is 4.31 Å². The van der Waals surface area contributed by atoms with Gasteiger partial charge in [0.25, 0.3) is 0 Å². The van der Waals surface area contributed by atoms with Crippen LogP contribution in [0.15, 0.2) is 35.2 Å². The number of rotatable bonds is 5. The topological polar surface area (TPSA) is 46.6 Å². The maximum atomic E-state index is 14.0. The molecular formula is C15H13F4NO3S. The van der Waals surface area contributed by atoms with Crippen LogP contribution in [0.1, 0.15) is 5.56 Å². The van der Waals surface area contributed by atoms with Crippen molar-refractivity contribution in [3.63, 3.8) is 0 Å². The van der Waals surface area contributed by atoms with Crippen LogP contribution in [0, 0.1) is 23.3 Å². The van der Waals surface area contributed by atoms with Gasteiger partial charge in [-0.05, 0) is 5.56 Å². The van der Waals surface area contributed by atoms with Gasteiger partial charge in [0.15, 0.2) is 22.3 Å². The van der Waals surface area contributed by atoms with Gasteiger partial charge in [0.2, 0.25) is 21.7 Å². The van der Waals surface area contributed by atoms with Gasteiger partial charge in [-0.25, -0.2) is 17.2 Å². The quantitative estimate of drug-likeness (QED) is 0.606. The monoisotopic (exact) mass is 363 g/mol. The zero-order chi connectivity index (χ0) is 18.1. The van der Waals surface area contributed by atoms with Crippen LogP contribution >= 0.6 is 0 Å². The molecule has 0 aliphatic rings. The van der Waals surface area contributed by atoms with Crippen molar-refractivity contribution < 1.29 is 30.7 Å². The van der Waals surface area contributed by atoms with Gasteiger partial charge in [0.1, 0.15) is 0 Å². The first-order chi connectivity index (χ1) is 11.2. The van der Waals surface area contributed by atoms with Gasteiger partial charge in [-0.2, -0.15) is 13.1 Å². The Kier molecular flexibility index (Phi) is 5.14. The molecule has 0 bridgehead atoms. The van der Waals surface area contributed by atoms with Gasteiger partial charge in [0, 0.05) is 13.6 Å². The normalized spacial score (nSPS) is 11.8. The fourth-order valence-corrected chi connectivity index (χ4v) is 3.34. The predicted octanol–water partition coefficient (Wildman–Crippen LogP) is 3.07. The van der Waals surface area contributed by atoms with E-state index in [0.29, 0.717) is 9.87 Å². The number of hydrogen-bond acceptors (Lipinski definition) is 3. The third kappa shape index (κ3) is 3.09. The molecule has 2 aromatic rings. The summed E-state index contributed by atoms with van der Waals surface area (Å²) in [4.78, 5) is -1.70. The van der Waals surface area contributed by atoms with E-state index in [1.807, 2.05) is 0 Å². The van der Waals surface area contributed by atoms with E-state index in [-0.39, 0.29) is 6.54 Å². The highest BCUT2D eigenvalue weighted by Crippen LogP contribution is 2.33. The van der Waals surface area contributed by atoms with E-state index in [9.17, 15) is 26.0 Å². The summed E-state index contributed by atoms with van der Waals surface area (Å²) in [6, 6.07) is 8.17. The lowest BCUT2D eigenvalue weighted by molar-refractivity contribution is 0.320. The summed E-state index contributed by atoms with van der Waals surface area (Å²) in [5.74, 6) is -9.22. The second-order valence-corrected chi connectivity index (χ2v) is 6.85. The molecular weight excluding hydrogens is 350 g/mol. The van der Waals surface area contributed by atoms with Crippen LogP contribution in [0.4, 0.5) is 17.6 Å². The van der Waals surface area contributed by atoms with Gasteiger partial charge < -0.3 is 4.74 Å². The zero-order valence-electron chi connectivity index (χ0n) is 12.7. The van der Waals surface area contributed by atoms with E-state index < -0.39 is 43.9 Å². The predicted molar refractivity (Wildman–Crippen MR) is 77.9 cm³/mol. The Morgan fingerprint density at radius 3 is 1.92 bits per heavy atom. The highest BCUT2D eigenvalue weighted by molar-refractivity contribution is 7.89. The molecule has 0 spiro atoms. The van der Waals surface area contributed by atoms with Crippen LogP contribution < -0.4 is 4.74 Å². The van der Waals surface area contributed by atoms with E-state index in [0.717, 1.165) is 14.2 Å². The highest BCUT2D eigenvalue weighted by Gasteiger charge is 2.36. The smallest absolute Gasteiger partial charge is 0.249 e. The minimum absolute atomic E-state index is 0.239. The van der Waals surface area contributed by atoms with Crippen molar-refractivity contribution in [3.8, 4) is 5.75 Å². The molecule has 2 aromatic carbocycles. The van der Waals surface area contributed by atoms with E-state index in [2.05, 4.69) is 4.74 Å². The SMILES string of the molecule is COc1c(F)c(F)c(S(=O)(=O)N(C)Cc2ccccc2)c(F)c1F. The van der Waals surface area contributed by atoms with E-state index in [1.165, 1.54) is 0 Å². The number of benzene rings is 2. The minimum Gasteiger partial charge on any atom is -0.491 e. The molecule has 24 heavy (non-hydrogen) atoms. The van der Waals surface area contributed by atoms with Crippen molar-refractivity contribution in [2.45, 2.75) is 11.4 Å². The molecule has 0 aromatic heterocycles. The van der Waals surface area contributed by atoms with Crippen molar-refractivity contribution in [2.24, 2.45) is 0 Å². The molecule has 0 aliphatic heterocycles. The first-order valence-electron chi connectivity index (χ1n) is 6.62. The summed E-state index contributed by atoms with van der Waals surface area (Å²) in [7, 11) is -2.98. The average molecular weight is 363 g/mol. The Balaban J connectivity index is 2.54. The van der Waals surface area contributed by atoms with Crippen molar-refractivity contribution in [1.29, 1.82) is 0 Å². The number of sulfonamides is 1. The first kappa shape index (κ1) is 18.2. The van der Waals surface area contributed by atoms with Crippen LogP contribution in [0.3, 0.4) is 0 Å². The lowest BCUT2D eigenvalue weighted by Crippen LogP contribution is -2.29. The Bertz CT molecular complexity index is 828.